The van der Waals surface area contributed by atoms with Crippen LogP contribution in [0.1, 0.15) is 0 Å². The van der Waals surface area contributed by atoms with Crippen LogP contribution in [0, 0.1) is 0 Å². The molecule has 0 amide bonds. The molecule has 0 aliphatic rings. The molecule has 7 heteroatoms. The molecule has 3 nitrogen and oxygen atoms in total. The van der Waals surface area contributed by atoms with E-state index in [2.05, 4.69) is 4.72 Å². The van der Waals surface area contributed by atoms with Gasteiger partial charge in [0.25, 0.3) is 10.0 Å². The van der Waals surface area contributed by atoms with Gasteiger partial charge in [-0.05, 0) is 42.5 Å². The third-order valence-corrected chi connectivity index (χ3v) is 5.10. The normalized spacial score (nSPS) is 11.3. The highest BCUT2D eigenvalue weighted by Crippen LogP contribution is 2.24. The van der Waals surface area contributed by atoms with Gasteiger partial charge in [0.15, 0.2) is 0 Å². The number of thioether (sulfide) groups is 1. The summed E-state index contributed by atoms with van der Waals surface area (Å²) < 4.78 is 26.9. The van der Waals surface area contributed by atoms with Crippen molar-refractivity contribution in [3.8, 4) is 0 Å². The number of rotatable bonds is 5. The van der Waals surface area contributed by atoms with Crippen LogP contribution < -0.4 is 4.72 Å². The summed E-state index contributed by atoms with van der Waals surface area (Å²) in [7, 11) is -3.61. The summed E-state index contributed by atoms with van der Waals surface area (Å²) >= 11 is 12.8. The van der Waals surface area contributed by atoms with Gasteiger partial charge in [-0.3, -0.25) is 4.72 Å². The van der Waals surface area contributed by atoms with Crippen molar-refractivity contribution in [3.63, 3.8) is 0 Å². The predicted molar refractivity (Wildman–Crippen MR) is 85.3 cm³/mol. The molecule has 106 valence electrons. The Morgan fingerprint density at radius 3 is 2.45 bits per heavy atom. The lowest BCUT2D eigenvalue weighted by Gasteiger charge is -2.09. The molecular formula is C13H11Cl2NO2S2. The number of hydrogen-bond donors (Lipinski definition) is 1. The van der Waals surface area contributed by atoms with Crippen molar-refractivity contribution in [2.45, 2.75) is 9.79 Å². The van der Waals surface area contributed by atoms with E-state index < -0.39 is 10.0 Å². The highest BCUT2D eigenvalue weighted by atomic mass is 35.5. The van der Waals surface area contributed by atoms with Crippen LogP contribution in [0.3, 0.4) is 0 Å². The molecule has 0 saturated heterocycles. The molecule has 0 heterocycles. The predicted octanol–water partition coefficient (Wildman–Crippen LogP) is 4.43. The van der Waals surface area contributed by atoms with E-state index in [1.165, 1.54) is 36.0 Å². The van der Waals surface area contributed by atoms with Gasteiger partial charge in [-0.15, -0.1) is 23.4 Å². The number of benzene rings is 2. The minimum absolute atomic E-state index is 0.164. The quantitative estimate of drug-likeness (QED) is 0.642. The molecule has 0 saturated carbocycles. The minimum atomic E-state index is -3.61. The molecule has 2 aromatic carbocycles. The number of sulfonamides is 1. The average Bonchev–Trinajstić information content (AvgIpc) is 2.39. The highest BCUT2D eigenvalue weighted by molar-refractivity contribution is 8.00. The summed E-state index contributed by atoms with van der Waals surface area (Å²) in [5.74, 6) is 0. The Bertz CT molecular complexity index is 688. The Labute approximate surface area is 132 Å². The highest BCUT2D eigenvalue weighted by Gasteiger charge is 2.14. The first kappa shape index (κ1) is 15.5. The zero-order chi connectivity index (χ0) is 14.6. The minimum Gasteiger partial charge on any atom is -0.280 e. The molecule has 0 atom stereocenters. The number of anilines is 1. The first-order valence-corrected chi connectivity index (χ1v) is 8.96. The van der Waals surface area contributed by atoms with Crippen LogP contribution in [0.2, 0.25) is 5.02 Å². The molecule has 2 aromatic rings. The summed E-state index contributed by atoms with van der Waals surface area (Å²) in [5, 5.41) is 0.900. The molecule has 2 rings (SSSR count). The van der Waals surface area contributed by atoms with Gasteiger partial charge in [0.05, 0.1) is 10.1 Å². The Morgan fingerprint density at radius 2 is 1.80 bits per heavy atom. The molecule has 0 bridgehead atoms. The number of halogens is 2. The summed E-state index contributed by atoms with van der Waals surface area (Å²) in [6, 6.07) is 13.1. The molecule has 0 unspecified atom stereocenters. The third kappa shape index (κ3) is 4.06. The smallest absolute Gasteiger partial charge is 0.261 e. The van der Waals surface area contributed by atoms with E-state index in [-0.39, 0.29) is 4.90 Å². The fourth-order valence-electron chi connectivity index (χ4n) is 1.54. The second kappa shape index (κ2) is 6.72. The van der Waals surface area contributed by atoms with Crippen molar-refractivity contribution in [2.24, 2.45) is 0 Å². The van der Waals surface area contributed by atoms with Crippen LogP contribution in [-0.4, -0.2) is 13.6 Å². The molecule has 0 aliphatic heterocycles. The average molecular weight is 348 g/mol. The van der Waals surface area contributed by atoms with E-state index in [1.807, 2.05) is 6.07 Å². The standard InChI is InChI=1S/C13H11Cl2NO2S2/c14-9-19-12-3-1-2-11(8-12)16-20(17,18)13-6-4-10(15)5-7-13/h1-8,16H,9H2. The van der Waals surface area contributed by atoms with E-state index in [0.717, 1.165) is 4.90 Å². The summed E-state index contributed by atoms with van der Waals surface area (Å²) in [6.07, 6.45) is 0. The van der Waals surface area contributed by atoms with Crippen LogP contribution in [0.15, 0.2) is 58.3 Å². The van der Waals surface area contributed by atoms with E-state index in [4.69, 9.17) is 23.2 Å². The van der Waals surface area contributed by atoms with Gasteiger partial charge in [-0.1, -0.05) is 17.7 Å². The molecule has 0 spiro atoms. The lowest BCUT2D eigenvalue weighted by Crippen LogP contribution is -2.12. The van der Waals surface area contributed by atoms with Crippen molar-refractivity contribution in [3.05, 3.63) is 53.6 Å². The van der Waals surface area contributed by atoms with Crippen molar-refractivity contribution >= 4 is 50.7 Å². The molecule has 0 fully saturated rings. The summed E-state index contributed by atoms with van der Waals surface area (Å²) in [4.78, 5) is 1.06. The van der Waals surface area contributed by atoms with Crippen LogP contribution in [0.25, 0.3) is 0 Å². The first-order valence-electron chi connectivity index (χ1n) is 5.58. The van der Waals surface area contributed by atoms with E-state index in [1.54, 1.807) is 18.2 Å². The van der Waals surface area contributed by atoms with Gasteiger partial charge < -0.3 is 0 Å². The Hall–Kier alpha value is -0.880. The monoisotopic (exact) mass is 347 g/mol. The number of hydrogen-bond acceptors (Lipinski definition) is 3. The zero-order valence-electron chi connectivity index (χ0n) is 10.2. The van der Waals surface area contributed by atoms with Crippen molar-refractivity contribution in [1.29, 1.82) is 0 Å². The molecule has 20 heavy (non-hydrogen) atoms. The summed E-state index contributed by atoms with van der Waals surface area (Å²) in [6.45, 7) is 0. The molecule has 0 aliphatic carbocycles. The molecule has 1 N–H and O–H groups in total. The largest absolute Gasteiger partial charge is 0.280 e. The molecular weight excluding hydrogens is 337 g/mol. The van der Waals surface area contributed by atoms with Crippen molar-refractivity contribution in [1.82, 2.24) is 0 Å². The van der Waals surface area contributed by atoms with Crippen molar-refractivity contribution in [2.75, 3.05) is 9.93 Å². The first-order chi connectivity index (χ1) is 9.51. The lowest BCUT2D eigenvalue weighted by atomic mass is 10.3. The van der Waals surface area contributed by atoms with Crippen LogP contribution in [0.5, 0.6) is 0 Å². The second-order valence-corrected chi connectivity index (χ2v) is 7.59. The maximum Gasteiger partial charge on any atom is 0.261 e. The number of alkyl halides is 1. The molecule has 0 aromatic heterocycles. The topological polar surface area (TPSA) is 46.2 Å². The van der Waals surface area contributed by atoms with Crippen LogP contribution >= 0.6 is 35.0 Å². The Kier molecular flexibility index (Phi) is 5.21. The summed E-state index contributed by atoms with van der Waals surface area (Å²) in [5.41, 5.74) is 0.495. The van der Waals surface area contributed by atoms with Gasteiger partial charge in [0.2, 0.25) is 0 Å². The fourth-order valence-corrected chi connectivity index (χ4v) is 3.60. The van der Waals surface area contributed by atoms with Crippen LogP contribution in [-0.2, 0) is 10.0 Å². The SMILES string of the molecule is O=S(=O)(Nc1cccc(SCCl)c1)c1ccc(Cl)cc1. The maximum atomic E-state index is 12.2. The Morgan fingerprint density at radius 1 is 1.10 bits per heavy atom. The van der Waals surface area contributed by atoms with Crippen molar-refractivity contribution < 1.29 is 8.42 Å². The number of nitrogens with one attached hydrogen (secondary N) is 1. The lowest BCUT2D eigenvalue weighted by molar-refractivity contribution is 0.601. The fraction of sp³-hybridized carbons (Fsp3) is 0.0769. The maximum absolute atomic E-state index is 12.2. The van der Waals surface area contributed by atoms with Gasteiger partial charge in [-0.25, -0.2) is 8.42 Å². The zero-order valence-corrected chi connectivity index (χ0v) is 13.4. The van der Waals surface area contributed by atoms with Crippen LogP contribution in [0.4, 0.5) is 5.69 Å². The van der Waals surface area contributed by atoms with E-state index in [9.17, 15) is 8.42 Å². The van der Waals surface area contributed by atoms with Gasteiger partial charge in [0, 0.05) is 15.6 Å². The van der Waals surface area contributed by atoms with E-state index in [0.29, 0.717) is 15.9 Å². The van der Waals surface area contributed by atoms with Gasteiger partial charge >= 0.3 is 0 Å². The molecule has 0 radical (unpaired) electrons. The third-order valence-electron chi connectivity index (χ3n) is 2.43. The Balaban J connectivity index is 2.24. The van der Waals surface area contributed by atoms with E-state index >= 15 is 0 Å². The van der Waals surface area contributed by atoms with Gasteiger partial charge in [-0.2, -0.15) is 0 Å². The van der Waals surface area contributed by atoms with Gasteiger partial charge in [0.1, 0.15) is 0 Å². The second-order valence-electron chi connectivity index (χ2n) is 3.84.